The van der Waals surface area contributed by atoms with E-state index < -0.39 is 48.2 Å². The maximum absolute atomic E-state index is 13.2. The van der Waals surface area contributed by atoms with Gasteiger partial charge in [-0.15, -0.1) is 0 Å². The monoisotopic (exact) mass is 445 g/mol. The highest BCUT2D eigenvalue weighted by Gasteiger charge is 2.47. The molecule has 2 N–H and O–H groups in total. The molecule has 0 aliphatic carbocycles. The molecule has 0 saturated carbocycles. The number of alkyl carbamates (subject to hydrolysis) is 1. The Morgan fingerprint density at radius 3 is 2.38 bits per heavy atom. The van der Waals surface area contributed by atoms with Crippen molar-refractivity contribution < 1.29 is 33.4 Å². The first-order valence-corrected chi connectivity index (χ1v) is 10.1. The summed E-state index contributed by atoms with van der Waals surface area (Å²) in [5.41, 5.74) is 1.20. The van der Waals surface area contributed by atoms with Crippen LogP contribution in [0.1, 0.15) is 38.1 Å². The van der Waals surface area contributed by atoms with Gasteiger partial charge in [0.2, 0.25) is 5.91 Å². The molecule has 1 aromatic heterocycles. The molecule has 0 unspecified atom stereocenters. The highest BCUT2D eigenvalue weighted by Crippen LogP contribution is 2.38. The number of carbonyl (C=O) groups is 4. The Hall–Kier alpha value is -3.56. The molecule has 0 bridgehead atoms. The number of amides is 2. The first kappa shape index (κ1) is 23.1. The standard InChI is InChI=1S/C22H27N3O7/c1-22(2,3)32-21(29)23-11-16(26)25-15(19(27)30-4)10-13-12-8-6-7-9-14(12)24-17(13)18(25)20(28)31-5/h6-9,15,18,24H,10-11H2,1-5H3,(H,23,29)/t15-,18+/m0/s1. The summed E-state index contributed by atoms with van der Waals surface area (Å²) < 4.78 is 15.0. The smallest absolute Gasteiger partial charge is 0.408 e. The molecule has 3 rings (SSSR count). The average molecular weight is 445 g/mol. The molecular weight excluding hydrogens is 418 g/mol. The lowest BCUT2D eigenvalue weighted by Crippen LogP contribution is -2.56. The summed E-state index contributed by atoms with van der Waals surface area (Å²) in [6.07, 6.45) is -0.657. The van der Waals surface area contributed by atoms with Crippen molar-refractivity contribution in [3.05, 3.63) is 35.5 Å². The van der Waals surface area contributed by atoms with Gasteiger partial charge in [-0.2, -0.15) is 0 Å². The molecule has 10 heteroatoms. The van der Waals surface area contributed by atoms with E-state index in [1.165, 1.54) is 14.2 Å². The van der Waals surface area contributed by atoms with E-state index in [9.17, 15) is 19.2 Å². The molecule has 1 aromatic carbocycles. The van der Waals surface area contributed by atoms with Crippen LogP contribution in [0.3, 0.4) is 0 Å². The number of nitrogens with one attached hydrogen (secondary N) is 2. The molecule has 10 nitrogen and oxygen atoms in total. The number of fused-ring (bicyclic) bond motifs is 3. The highest BCUT2D eigenvalue weighted by atomic mass is 16.6. The van der Waals surface area contributed by atoms with Crippen LogP contribution in [-0.2, 0) is 35.0 Å². The second-order valence-corrected chi connectivity index (χ2v) is 8.39. The fourth-order valence-electron chi connectivity index (χ4n) is 3.83. The first-order chi connectivity index (χ1) is 15.1. The minimum absolute atomic E-state index is 0.137. The van der Waals surface area contributed by atoms with Gasteiger partial charge in [-0.25, -0.2) is 14.4 Å². The zero-order valence-corrected chi connectivity index (χ0v) is 18.7. The van der Waals surface area contributed by atoms with E-state index >= 15 is 0 Å². The van der Waals surface area contributed by atoms with Crippen molar-refractivity contribution in [1.82, 2.24) is 15.2 Å². The molecule has 0 saturated heterocycles. The van der Waals surface area contributed by atoms with Gasteiger partial charge in [0.15, 0.2) is 6.04 Å². The Kier molecular flexibility index (Phi) is 6.42. The second kappa shape index (κ2) is 8.89. The molecule has 2 atom stereocenters. The number of hydrogen-bond acceptors (Lipinski definition) is 7. The molecule has 2 amide bonds. The van der Waals surface area contributed by atoms with Crippen molar-refractivity contribution in [2.75, 3.05) is 20.8 Å². The number of methoxy groups -OCH3 is 2. The number of rotatable bonds is 4. The quantitative estimate of drug-likeness (QED) is 0.543. The van der Waals surface area contributed by atoms with E-state index in [4.69, 9.17) is 14.2 Å². The number of para-hydroxylation sites is 1. The van der Waals surface area contributed by atoms with Gasteiger partial charge < -0.3 is 29.4 Å². The van der Waals surface area contributed by atoms with Gasteiger partial charge in [0, 0.05) is 17.3 Å². The van der Waals surface area contributed by atoms with Crippen molar-refractivity contribution >= 4 is 34.8 Å². The van der Waals surface area contributed by atoms with Gasteiger partial charge in [-0.3, -0.25) is 4.79 Å². The molecule has 0 fully saturated rings. The molecule has 1 aliphatic rings. The lowest BCUT2D eigenvalue weighted by atomic mass is 9.91. The first-order valence-electron chi connectivity index (χ1n) is 10.1. The predicted octanol–water partition coefficient (Wildman–Crippen LogP) is 1.83. The van der Waals surface area contributed by atoms with Crippen molar-refractivity contribution in [1.29, 1.82) is 0 Å². The number of hydrogen-bond donors (Lipinski definition) is 2. The molecule has 0 spiro atoms. The van der Waals surface area contributed by atoms with Crippen molar-refractivity contribution in [3.63, 3.8) is 0 Å². The largest absolute Gasteiger partial charge is 0.467 e. The third kappa shape index (κ3) is 4.53. The van der Waals surface area contributed by atoms with Gasteiger partial charge in [0.1, 0.15) is 18.2 Å². The Labute approximate surface area is 185 Å². The Morgan fingerprint density at radius 2 is 1.75 bits per heavy atom. The van der Waals surface area contributed by atoms with Gasteiger partial charge in [-0.1, -0.05) is 18.2 Å². The lowest BCUT2D eigenvalue weighted by molar-refractivity contribution is -0.163. The summed E-state index contributed by atoms with van der Waals surface area (Å²) in [5.74, 6) is -2.07. The van der Waals surface area contributed by atoms with Crippen molar-refractivity contribution in [2.45, 2.75) is 44.9 Å². The van der Waals surface area contributed by atoms with E-state index in [0.29, 0.717) is 5.69 Å². The molecule has 2 heterocycles. The van der Waals surface area contributed by atoms with E-state index in [1.54, 1.807) is 20.8 Å². The lowest BCUT2D eigenvalue weighted by Gasteiger charge is -2.39. The van der Waals surface area contributed by atoms with Gasteiger partial charge in [0.05, 0.1) is 19.9 Å². The minimum atomic E-state index is -1.21. The molecule has 2 aromatic rings. The maximum atomic E-state index is 13.2. The minimum Gasteiger partial charge on any atom is -0.467 e. The summed E-state index contributed by atoms with van der Waals surface area (Å²) >= 11 is 0. The molecular formula is C22H27N3O7. The van der Waals surface area contributed by atoms with Crippen LogP contribution in [0.15, 0.2) is 24.3 Å². The Morgan fingerprint density at radius 1 is 1.09 bits per heavy atom. The van der Waals surface area contributed by atoms with Gasteiger partial charge in [0.25, 0.3) is 0 Å². The fourth-order valence-corrected chi connectivity index (χ4v) is 3.83. The summed E-state index contributed by atoms with van der Waals surface area (Å²) in [6, 6.07) is 5.10. The molecule has 172 valence electrons. The summed E-state index contributed by atoms with van der Waals surface area (Å²) in [6.45, 7) is 4.59. The summed E-state index contributed by atoms with van der Waals surface area (Å²) in [4.78, 5) is 54.9. The molecule has 1 aliphatic heterocycles. The number of nitrogens with zero attached hydrogens (tertiary/aromatic N) is 1. The number of ether oxygens (including phenoxy) is 3. The number of H-pyrrole nitrogens is 1. The van der Waals surface area contributed by atoms with Crippen LogP contribution in [0.4, 0.5) is 4.79 Å². The van der Waals surface area contributed by atoms with Crippen LogP contribution >= 0.6 is 0 Å². The summed E-state index contributed by atoms with van der Waals surface area (Å²) in [5, 5.41) is 3.21. The zero-order valence-electron chi connectivity index (χ0n) is 18.7. The second-order valence-electron chi connectivity index (χ2n) is 8.39. The topological polar surface area (TPSA) is 127 Å². The van der Waals surface area contributed by atoms with Crippen molar-refractivity contribution in [2.24, 2.45) is 0 Å². The number of aromatic nitrogens is 1. The molecule has 32 heavy (non-hydrogen) atoms. The number of benzene rings is 1. The predicted molar refractivity (Wildman–Crippen MR) is 114 cm³/mol. The van der Waals surface area contributed by atoms with E-state index in [1.807, 2.05) is 24.3 Å². The maximum Gasteiger partial charge on any atom is 0.408 e. The number of esters is 2. The van der Waals surface area contributed by atoms with Crippen LogP contribution in [0, 0.1) is 0 Å². The van der Waals surface area contributed by atoms with E-state index in [0.717, 1.165) is 21.4 Å². The van der Waals surface area contributed by atoms with Crippen LogP contribution in [-0.4, -0.2) is 66.2 Å². The van der Waals surface area contributed by atoms with Gasteiger partial charge >= 0.3 is 18.0 Å². The molecule has 0 radical (unpaired) electrons. The van der Waals surface area contributed by atoms with E-state index in [2.05, 4.69) is 10.3 Å². The van der Waals surface area contributed by atoms with Crippen LogP contribution in [0.25, 0.3) is 10.9 Å². The van der Waals surface area contributed by atoms with Gasteiger partial charge in [-0.05, 0) is 32.4 Å². The Bertz CT molecular complexity index is 1050. The fraction of sp³-hybridized carbons (Fsp3) is 0.455. The third-order valence-corrected chi connectivity index (χ3v) is 5.10. The van der Waals surface area contributed by atoms with E-state index in [-0.39, 0.29) is 6.42 Å². The van der Waals surface area contributed by atoms with Crippen LogP contribution in [0.2, 0.25) is 0 Å². The van der Waals surface area contributed by atoms with Crippen LogP contribution < -0.4 is 5.32 Å². The normalized spacial score (nSPS) is 18.0. The zero-order chi connectivity index (χ0) is 23.6. The highest BCUT2D eigenvalue weighted by molar-refractivity contribution is 5.96. The number of carbonyl (C=O) groups excluding carboxylic acids is 4. The Balaban J connectivity index is 2.00. The number of aromatic amines is 1. The summed E-state index contributed by atoms with van der Waals surface area (Å²) in [7, 11) is 2.41. The van der Waals surface area contributed by atoms with Crippen molar-refractivity contribution in [3.8, 4) is 0 Å². The van der Waals surface area contributed by atoms with Crippen LogP contribution in [0.5, 0.6) is 0 Å². The average Bonchev–Trinajstić information content (AvgIpc) is 3.12. The third-order valence-electron chi connectivity index (χ3n) is 5.10. The SMILES string of the molecule is COC(=O)[C@@H]1Cc2c([nH]c3ccccc23)[C@H](C(=O)OC)N1C(=O)CNC(=O)OC(C)(C)C.